The van der Waals surface area contributed by atoms with Crippen LogP contribution in [0.25, 0.3) is 11.1 Å². The summed E-state index contributed by atoms with van der Waals surface area (Å²) in [5.41, 5.74) is 0.557. The average Bonchev–Trinajstić information content (AvgIpc) is 3.80. The van der Waals surface area contributed by atoms with E-state index < -0.39 is 35.2 Å². The highest BCUT2D eigenvalue weighted by Crippen LogP contribution is 2.50. The standard InChI is InChI=1S/C27H25F4N3O4/c1-15(16-3-4-16)34-14-17(13-32-34)20-7-5-18(11-21(20)24(35)37-2)33-25(36)26(9-10-26)22-8-6-19(12-23(22)28)38-27(29,30)31/h5-8,11-16H,3-4,9-10H2,1-2H3,(H,33,36). The second-order valence-corrected chi connectivity index (χ2v) is 9.76. The molecule has 3 aromatic rings. The van der Waals surface area contributed by atoms with Gasteiger partial charge in [-0.25, -0.2) is 9.18 Å². The molecule has 2 aliphatic carbocycles. The maximum absolute atomic E-state index is 14.7. The minimum atomic E-state index is -4.96. The fourth-order valence-corrected chi connectivity index (χ4v) is 4.72. The number of rotatable bonds is 8. The molecule has 1 unspecified atom stereocenters. The maximum atomic E-state index is 14.7. The Kier molecular flexibility index (Phi) is 6.40. The lowest BCUT2D eigenvalue weighted by atomic mass is 9.93. The quantitative estimate of drug-likeness (QED) is 0.284. The van der Waals surface area contributed by atoms with Crippen LogP contribution in [0.4, 0.5) is 23.2 Å². The van der Waals surface area contributed by atoms with Gasteiger partial charge >= 0.3 is 12.3 Å². The van der Waals surface area contributed by atoms with Crippen molar-refractivity contribution < 1.29 is 36.6 Å². The van der Waals surface area contributed by atoms with Crippen LogP contribution in [0.3, 0.4) is 0 Å². The van der Waals surface area contributed by atoms with Crippen LogP contribution in [0.5, 0.6) is 5.75 Å². The summed E-state index contributed by atoms with van der Waals surface area (Å²) in [7, 11) is 1.25. The molecule has 1 aromatic heterocycles. The molecule has 2 saturated carbocycles. The van der Waals surface area contributed by atoms with Crippen molar-refractivity contribution in [1.29, 1.82) is 0 Å². The molecule has 11 heteroatoms. The van der Waals surface area contributed by atoms with E-state index in [-0.39, 0.29) is 17.2 Å². The largest absolute Gasteiger partial charge is 0.573 e. The van der Waals surface area contributed by atoms with Crippen molar-refractivity contribution in [2.24, 2.45) is 5.92 Å². The molecular weight excluding hydrogens is 506 g/mol. The predicted molar refractivity (Wildman–Crippen MR) is 129 cm³/mol. The Morgan fingerprint density at radius 2 is 1.89 bits per heavy atom. The summed E-state index contributed by atoms with van der Waals surface area (Å²) in [5.74, 6) is -2.22. The first-order valence-electron chi connectivity index (χ1n) is 12.1. The highest BCUT2D eigenvalue weighted by Gasteiger charge is 2.53. The number of benzene rings is 2. The smallest absolute Gasteiger partial charge is 0.465 e. The molecular formula is C27H25F4N3O4. The molecule has 2 fully saturated rings. The number of anilines is 1. The Morgan fingerprint density at radius 1 is 1.16 bits per heavy atom. The van der Waals surface area contributed by atoms with Gasteiger partial charge in [-0.3, -0.25) is 9.48 Å². The molecule has 2 aliphatic rings. The van der Waals surface area contributed by atoms with Gasteiger partial charge in [0.25, 0.3) is 0 Å². The van der Waals surface area contributed by atoms with E-state index in [9.17, 15) is 27.2 Å². The first-order chi connectivity index (χ1) is 18.0. The second-order valence-electron chi connectivity index (χ2n) is 9.76. The SMILES string of the molecule is COC(=O)c1cc(NC(=O)C2(c3ccc(OC(F)(F)F)cc3F)CC2)ccc1-c1cnn(C(C)C2CC2)c1. The Labute approximate surface area is 215 Å². The number of nitrogens with zero attached hydrogens (tertiary/aromatic N) is 2. The van der Waals surface area contributed by atoms with Gasteiger partial charge < -0.3 is 14.8 Å². The lowest BCUT2D eigenvalue weighted by Crippen LogP contribution is -2.29. The predicted octanol–water partition coefficient (Wildman–Crippen LogP) is 6.02. The Hall–Kier alpha value is -3.89. The molecule has 0 spiro atoms. The number of esters is 1. The lowest BCUT2D eigenvalue weighted by molar-refractivity contribution is -0.274. The third-order valence-corrected chi connectivity index (χ3v) is 7.19. The maximum Gasteiger partial charge on any atom is 0.573 e. The normalized spacial score (nSPS) is 17.0. The number of hydrogen-bond donors (Lipinski definition) is 1. The van der Waals surface area contributed by atoms with E-state index in [4.69, 9.17) is 4.74 Å². The molecule has 0 aliphatic heterocycles. The van der Waals surface area contributed by atoms with Crippen LogP contribution in [0.1, 0.15) is 54.6 Å². The van der Waals surface area contributed by atoms with Crippen LogP contribution in [0.2, 0.25) is 0 Å². The van der Waals surface area contributed by atoms with E-state index in [1.807, 2.05) is 10.9 Å². The van der Waals surface area contributed by atoms with E-state index in [1.54, 1.807) is 18.3 Å². The van der Waals surface area contributed by atoms with Crippen LogP contribution in [-0.2, 0) is 14.9 Å². The number of halogens is 4. The zero-order valence-corrected chi connectivity index (χ0v) is 20.6. The summed E-state index contributed by atoms with van der Waals surface area (Å²) < 4.78 is 62.7. The minimum absolute atomic E-state index is 0.0217. The lowest BCUT2D eigenvalue weighted by Gasteiger charge is -2.18. The minimum Gasteiger partial charge on any atom is -0.465 e. The topological polar surface area (TPSA) is 82.4 Å². The molecule has 0 saturated heterocycles. The van der Waals surface area contributed by atoms with Gasteiger partial charge in [0.2, 0.25) is 5.91 Å². The van der Waals surface area contributed by atoms with E-state index in [2.05, 4.69) is 22.1 Å². The molecule has 0 radical (unpaired) electrons. The number of amides is 1. The average molecular weight is 532 g/mol. The summed E-state index contributed by atoms with van der Waals surface area (Å²) >= 11 is 0. The van der Waals surface area contributed by atoms with Gasteiger partial charge in [-0.1, -0.05) is 12.1 Å². The molecule has 38 heavy (non-hydrogen) atoms. The highest BCUT2D eigenvalue weighted by atomic mass is 19.4. The number of carbonyl (C=O) groups is 2. The van der Waals surface area contributed by atoms with Gasteiger partial charge in [-0.2, -0.15) is 5.10 Å². The van der Waals surface area contributed by atoms with Crippen molar-refractivity contribution in [3.63, 3.8) is 0 Å². The number of carbonyl (C=O) groups excluding carboxylic acids is 2. The van der Waals surface area contributed by atoms with Crippen LogP contribution in [0.15, 0.2) is 48.8 Å². The molecule has 1 N–H and O–H groups in total. The molecule has 200 valence electrons. The van der Waals surface area contributed by atoms with Crippen LogP contribution in [-0.4, -0.2) is 35.1 Å². The number of hydrogen-bond acceptors (Lipinski definition) is 5. The van der Waals surface area contributed by atoms with Gasteiger partial charge in [0.1, 0.15) is 11.6 Å². The van der Waals surface area contributed by atoms with Gasteiger partial charge in [-0.05, 0) is 62.3 Å². The number of alkyl halides is 3. The van der Waals surface area contributed by atoms with Gasteiger partial charge in [0, 0.05) is 29.1 Å². The number of aromatic nitrogens is 2. The number of ether oxygens (including phenoxy) is 2. The van der Waals surface area contributed by atoms with E-state index in [1.165, 1.54) is 13.2 Å². The Morgan fingerprint density at radius 3 is 2.50 bits per heavy atom. The third kappa shape index (κ3) is 5.09. The van der Waals surface area contributed by atoms with Gasteiger partial charge in [0.15, 0.2) is 0 Å². The Bertz CT molecular complexity index is 1390. The number of nitrogens with one attached hydrogen (secondary N) is 1. The van der Waals surface area contributed by atoms with Crippen molar-refractivity contribution in [2.45, 2.75) is 50.4 Å². The summed E-state index contributed by atoms with van der Waals surface area (Å²) in [6.07, 6.45) is 1.54. The molecule has 5 rings (SSSR count). The summed E-state index contributed by atoms with van der Waals surface area (Å²) in [4.78, 5) is 25.8. The molecule has 0 bridgehead atoms. The van der Waals surface area contributed by atoms with Crippen molar-refractivity contribution >= 4 is 17.6 Å². The number of methoxy groups -OCH3 is 1. The van der Waals surface area contributed by atoms with Crippen LogP contribution < -0.4 is 10.1 Å². The highest BCUT2D eigenvalue weighted by molar-refractivity contribution is 6.04. The fourth-order valence-electron chi connectivity index (χ4n) is 4.72. The van der Waals surface area contributed by atoms with Crippen molar-refractivity contribution in [1.82, 2.24) is 9.78 Å². The summed E-state index contributed by atoms with van der Waals surface area (Å²) in [5, 5.41) is 7.17. The fraction of sp³-hybridized carbons (Fsp3) is 0.370. The molecule has 1 atom stereocenters. The van der Waals surface area contributed by atoms with Crippen LogP contribution >= 0.6 is 0 Å². The first kappa shape index (κ1) is 25.7. The summed E-state index contributed by atoms with van der Waals surface area (Å²) in [6.45, 7) is 2.10. The molecule has 2 aromatic carbocycles. The molecule has 7 nitrogen and oxygen atoms in total. The van der Waals surface area contributed by atoms with Crippen molar-refractivity contribution in [3.8, 4) is 16.9 Å². The van der Waals surface area contributed by atoms with E-state index in [0.29, 0.717) is 36.1 Å². The third-order valence-electron chi connectivity index (χ3n) is 7.19. The van der Waals surface area contributed by atoms with E-state index >= 15 is 0 Å². The van der Waals surface area contributed by atoms with E-state index in [0.717, 1.165) is 30.5 Å². The molecule has 1 heterocycles. The zero-order chi connectivity index (χ0) is 27.2. The second kappa shape index (κ2) is 9.45. The van der Waals surface area contributed by atoms with Crippen molar-refractivity contribution in [2.75, 3.05) is 12.4 Å². The Balaban J connectivity index is 1.38. The summed E-state index contributed by atoms with van der Waals surface area (Å²) in [6, 6.07) is 7.74. The van der Waals surface area contributed by atoms with Crippen LogP contribution in [0, 0.1) is 11.7 Å². The zero-order valence-electron chi connectivity index (χ0n) is 20.6. The first-order valence-corrected chi connectivity index (χ1v) is 12.1. The van der Waals surface area contributed by atoms with Crippen molar-refractivity contribution in [3.05, 3.63) is 65.7 Å². The monoisotopic (exact) mass is 531 g/mol. The van der Waals surface area contributed by atoms with Gasteiger partial charge in [0.05, 0.1) is 30.3 Å². The molecule has 1 amide bonds. The van der Waals surface area contributed by atoms with Gasteiger partial charge in [-0.15, -0.1) is 13.2 Å².